The highest BCUT2D eigenvalue weighted by Crippen LogP contribution is 2.33. The maximum Gasteiger partial charge on any atom is 0.241 e. The van der Waals surface area contributed by atoms with Gasteiger partial charge >= 0.3 is 0 Å². The van der Waals surface area contributed by atoms with E-state index in [0.29, 0.717) is 60.2 Å². The third kappa shape index (κ3) is 4.71. The molecule has 0 bridgehead atoms. The Balaban J connectivity index is 1.19. The van der Waals surface area contributed by atoms with Crippen LogP contribution in [0.15, 0.2) is 47.0 Å². The van der Waals surface area contributed by atoms with Gasteiger partial charge in [0.2, 0.25) is 17.6 Å². The first-order valence-corrected chi connectivity index (χ1v) is 11.0. The van der Waals surface area contributed by atoms with E-state index in [2.05, 4.69) is 20.4 Å². The molecule has 3 heterocycles. The Hall–Kier alpha value is -3.10. The number of nitrogens with zero attached hydrogens (tertiary/aromatic N) is 3. The van der Waals surface area contributed by atoms with Crippen molar-refractivity contribution in [1.82, 2.24) is 15.0 Å². The van der Waals surface area contributed by atoms with Crippen LogP contribution in [0.5, 0.6) is 11.5 Å². The number of aromatic nitrogens is 2. The highest BCUT2D eigenvalue weighted by Gasteiger charge is 2.27. The van der Waals surface area contributed by atoms with Gasteiger partial charge in [0.05, 0.1) is 12.5 Å². The summed E-state index contributed by atoms with van der Waals surface area (Å²) in [6, 6.07) is 12.8. The monoisotopic (exact) mass is 454 g/mol. The smallest absolute Gasteiger partial charge is 0.241 e. The van der Waals surface area contributed by atoms with Crippen LogP contribution >= 0.6 is 11.6 Å². The molecular formula is C23H23ClN4O4. The maximum absolute atomic E-state index is 12.9. The largest absolute Gasteiger partial charge is 0.486 e. The van der Waals surface area contributed by atoms with Gasteiger partial charge < -0.3 is 19.3 Å². The molecule has 1 saturated heterocycles. The SMILES string of the molecule is O=C(Nc1ccc2c(c1)OCCO2)C1CCCN(Cc2nc(-c3ccc(Cl)cc3)no2)C1. The number of likely N-dealkylation sites (tertiary alicyclic amines) is 1. The minimum Gasteiger partial charge on any atom is -0.486 e. The molecule has 1 unspecified atom stereocenters. The van der Waals surface area contributed by atoms with Gasteiger partial charge in [-0.2, -0.15) is 4.98 Å². The number of halogens is 1. The van der Waals surface area contributed by atoms with E-state index < -0.39 is 0 Å². The summed E-state index contributed by atoms with van der Waals surface area (Å²) >= 11 is 5.94. The number of amides is 1. The van der Waals surface area contributed by atoms with Crippen LogP contribution in [-0.4, -0.2) is 47.3 Å². The Bertz CT molecular complexity index is 1100. The van der Waals surface area contributed by atoms with Crippen molar-refractivity contribution in [2.75, 3.05) is 31.6 Å². The number of carbonyl (C=O) groups excluding carboxylic acids is 1. The molecule has 8 nitrogen and oxygen atoms in total. The number of rotatable bonds is 5. The standard InChI is InChI=1S/C23H23ClN4O4/c24-17-5-3-15(4-6-17)22-26-21(32-27-22)14-28-9-1-2-16(13-28)23(29)25-18-7-8-19-20(12-18)31-11-10-30-19/h3-8,12,16H,1-2,9-11,13-14H2,(H,25,29). The lowest BCUT2D eigenvalue weighted by atomic mass is 9.97. The zero-order valence-corrected chi connectivity index (χ0v) is 18.2. The highest BCUT2D eigenvalue weighted by atomic mass is 35.5. The summed E-state index contributed by atoms with van der Waals surface area (Å²) in [4.78, 5) is 19.5. The van der Waals surface area contributed by atoms with Gasteiger partial charge in [-0.15, -0.1) is 0 Å². The minimum atomic E-state index is -0.115. The summed E-state index contributed by atoms with van der Waals surface area (Å²) < 4.78 is 16.6. The summed E-state index contributed by atoms with van der Waals surface area (Å²) in [7, 11) is 0. The lowest BCUT2D eigenvalue weighted by Gasteiger charge is -2.31. The Morgan fingerprint density at radius 3 is 2.78 bits per heavy atom. The van der Waals surface area contributed by atoms with Gasteiger partial charge in [0.25, 0.3) is 0 Å². The molecule has 0 spiro atoms. The first-order chi connectivity index (χ1) is 15.6. The lowest BCUT2D eigenvalue weighted by Crippen LogP contribution is -2.40. The third-order valence-corrected chi connectivity index (χ3v) is 5.87. The van der Waals surface area contributed by atoms with E-state index in [1.807, 2.05) is 30.3 Å². The Morgan fingerprint density at radius 1 is 1.12 bits per heavy atom. The van der Waals surface area contributed by atoms with Crippen LogP contribution in [0, 0.1) is 5.92 Å². The van der Waals surface area contributed by atoms with E-state index in [1.165, 1.54) is 0 Å². The molecule has 2 aliphatic heterocycles. The number of ether oxygens (including phenoxy) is 2. The second kappa shape index (κ2) is 9.18. The number of benzene rings is 2. The van der Waals surface area contributed by atoms with Crippen LogP contribution in [0.25, 0.3) is 11.4 Å². The minimum absolute atomic E-state index is 0.00115. The van der Waals surface area contributed by atoms with Gasteiger partial charge in [0.15, 0.2) is 11.5 Å². The lowest BCUT2D eigenvalue weighted by molar-refractivity contribution is -0.121. The van der Waals surface area contributed by atoms with E-state index in [4.69, 9.17) is 25.6 Å². The Morgan fingerprint density at radius 2 is 1.94 bits per heavy atom. The molecule has 3 aromatic rings. The normalized spacial score (nSPS) is 18.3. The first kappa shape index (κ1) is 20.8. The number of nitrogens with one attached hydrogen (secondary N) is 1. The molecule has 0 saturated carbocycles. The summed E-state index contributed by atoms with van der Waals surface area (Å²) in [6.07, 6.45) is 1.77. The van der Waals surface area contributed by atoms with Crippen molar-refractivity contribution < 1.29 is 18.8 Å². The average Bonchev–Trinajstić information content (AvgIpc) is 3.28. The second-order valence-electron chi connectivity index (χ2n) is 7.94. The predicted octanol–water partition coefficient (Wildman–Crippen LogP) is 4.01. The zero-order chi connectivity index (χ0) is 21.9. The molecule has 5 rings (SSSR count). The summed E-state index contributed by atoms with van der Waals surface area (Å²) in [5.41, 5.74) is 1.56. The predicted molar refractivity (Wildman–Crippen MR) is 119 cm³/mol. The summed E-state index contributed by atoms with van der Waals surface area (Å²) in [5.74, 6) is 2.31. The molecule has 0 aliphatic carbocycles. The summed E-state index contributed by atoms with van der Waals surface area (Å²) in [6.45, 7) is 3.07. The maximum atomic E-state index is 12.9. The van der Waals surface area contributed by atoms with Crippen LogP contribution in [0.1, 0.15) is 18.7 Å². The molecule has 166 valence electrons. The van der Waals surface area contributed by atoms with Crippen LogP contribution in [-0.2, 0) is 11.3 Å². The number of piperidine rings is 1. The van der Waals surface area contributed by atoms with Gasteiger partial charge in [0, 0.05) is 28.9 Å². The number of anilines is 1. The van der Waals surface area contributed by atoms with Crippen LogP contribution < -0.4 is 14.8 Å². The first-order valence-electron chi connectivity index (χ1n) is 10.7. The molecular weight excluding hydrogens is 432 g/mol. The van der Waals surface area contributed by atoms with Gasteiger partial charge in [-0.3, -0.25) is 9.69 Å². The van der Waals surface area contributed by atoms with E-state index in [9.17, 15) is 4.79 Å². The molecule has 0 radical (unpaired) electrons. The van der Waals surface area contributed by atoms with Crippen molar-refractivity contribution in [3.05, 3.63) is 53.4 Å². The fourth-order valence-corrected chi connectivity index (χ4v) is 4.13. The van der Waals surface area contributed by atoms with Crippen molar-refractivity contribution in [2.45, 2.75) is 19.4 Å². The molecule has 32 heavy (non-hydrogen) atoms. The highest BCUT2D eigenvalue weighted by molar-refractivity contribution is 6.30. The quantitative estimate of drug-likeness (QED) is 0.622. The molecule has 1 N–H and O–H groups in total. The van der Waals surface area contributed by atoms with Crippen molar-refractivity contribution in [2.24, 2.45) is 5.92 Å². The molecule has 9 heteroatoms. The van der Waals surface area contributed by atoms with E-state index >= 15 is 0 Å². The number of carbonyl (C=O) groups is 1. The Labute approximate surface area is 190 Å². The molecule has 1 aromatic heterocycles. The second-order valence-corrected chi connectivity index (χ2v) is 8.38. The van der Waals surface area contributed by atoms with Crippen LogP contribution in [0.4, 0.5) is 5.69 Å². The number of hydrogen-bond acceptors (Lipinski definition) is 7. The average molecular weight is 455 g/mol. The fraction of sp³-hybridized carbons (Fsp3) is 0.348. The van der Waals surface area contributed by atoms with Crippen molar-refractivity contribution in [1.29, 1.82) is 0 Å². The molecule has 1 amide bonds. The van der Waals surface area contributed by atoms with Gasteiger partial charge in [0.1, 0.15) is 13.2 Å². The third-order valence-electron chi connectivity index (χ3n) is 5.62. The van der Waals surface area contributed by atoms with Crippen molar-refractivity contribution >= 4 is 23.2 Å². The number of fused-ring (bicyclic) bond motifs is 1. The fourth-order valence-electron chi connectivity index (χ4n) is 4.01. The van der Waals surface area contributed by atoms with Gasteiger partial charge in [-0.1, -0.05) is 16.8 Å². The van der Waals surface area contributed by atoms with Crippen molar-refractivity contribution in [3.8, 4) is 22.9 Å². The van der Waals surface area contributed by atoms with Crippen LogP contribution in [0.3, 0.4) is 0 Å². The molecule has 2 aliphatic rings. The summed E-state index contributed by atoms with van der Waals surface area (Å²) in [5, 5.41) is 7.74. The van der Waals surface area contributed by atoms with Crippen LogP contribution in [0.2, 0.25) is 5.02 Å². The van der Waals surface area contributed by atoms with E-state index in [0.717, 1.165) is 24.9 Å². The van der Waals surface area contributed by atoms with E-state index in [1.54, 1.807) is 12.1 Å². The van der Waals surface area contributed by atoms with Gasteiger partial charge in [-0.25, -0.2) is 0 Å². The van der Waals surface area contributed by atoms with Gasteiger partial charge in [-0.05, 0) is 55.8 Å². The Kier molecular flexibility index (Phi) is 5.96. The number of hydrogen-bond donors (Lipinski definition) is 1. The topological polar surface area (TPSA) is 89.7 Å². The molecule has 1 fully saturated rings. The molecule has 2 aromatic carbocycles. The van der Waals surface area contributed by atoms with E-state index in [-0.39, 0.29) is 11.8 Å². The zero-order valence-electron chi connectivity index (χ0n) is 17.4. The van der Waals surface area contributed by atoms with Crippen molar-refractivity contribution in [3.63, 3.8) is 0 Å². The molecule has 1 atom stereocenters.